The Morgan fingerprint density at radius 3 is 2.57 bits per heavy atom. The number of nitro groups is 1. The number of hydrogen-bond acceptors (Lipinski definition) is 8. The SMILES string of the molecule is COc1cc(C(=O)OCC(=O)Nc2ccc([N+](=O)[O-])cc2)cc2c1OCCO2. The van der Waals surface area contributed by atoms with Crippen molar-refractivity contribution >= 4 is 23.3 Å². The molecule has 0 saturated heterocycles. The van der Waals surface area contributed by atoms with E-state index in [9.17, 15) is 19.7 Å². The zero-order chi connectivity index (χ0) is 20.1. The van der Waals surface area contributed by atoms with Crippen molar-refractivity contribution in [3.63, 3.8) is 0 Å². The predicted molar refractivity (Wildman–Crippen MR) is 96.0 cm³/mol. The van der Waals surface area contributed by atoms with Gasteiger partial charge in [-0.15, -0.1) is 0 Å². The van der Waals surface area contributed by atoms with Crippen LogP contribution in [0.3, 0.4) is 0 Å². The molecule has 2 aromatic carbocycles. The monoisotopic (exact) mass is 388 g/mol. The van der Waals surface area contributed by atoms with Crippen molar-refractivity contribution in [3.05, 3.63) is 52.1 Å². The van der Waals surface area contributed by atoms with Crippen molar-refractivity contribution in [1.29, 1.82) is 0 Å². The molecule has 2 aromatic rings. The van der Waals surface area contributed by atoms with Gasteiger partial charge >= 0.3 is 5.97 Å². The molecule has 1 aliphatic heterocycles. The molecule has 0 spiro atoms. The smallest absolute Gasteiger partial charge is 0.338 e. The van der Waals surface area contributed by atoms with Gasteiger partial charge in [0.1, 0.15) is 13.2 Å². The van der Waals surface area contributed by atoms with E-state index in [1.165, 1.54) is 43.5 Å². The summed E-state index contributed by atoms with van der Waals surface area (Å²) in [6.45, 7) is 0.175. The van der Waals surface area contributed by atoms with Gasteiger partial charge in [-0.2, -0.15) is 0 Å². The molecule has 0 bridgehead atoms. The summed E-state index contributed by atoms with van der Waals surface area (Å²) in [5.41, 5.74) is 0.383. The van der Waals surface area contributed by atoms with Crippen molar-refractivity contribution in [1.82, 2.24) is 0 Å². The van der Waals surface area contributed by atoms with Crippen molar-refractivity contribution in [2.75, 3.05) is 32.2 Å². The summed E-state index contributed by atoms with van der Waals surface area (Å²) in [6, 6.07) is 8.15. The summed E-state index contributed by atoms with van der Waals surface area (Å²) in [5, 5.41) is 13.1. The van der Waals surface area contributed by atoms with E-state index in [-0.39, 0.29) is 11.3 Å². The van der Waals surface area contributed by atoms with Gasteiger partial charge in [0.2, 0.25) is 5.75 Å². The molecule has 1 N–H and O–H groups in total. The number of hydrogen-bond donors (Lipinski definition) is 1. The van der Waals surface area contributed by atoms with Crippen LogP contribution in [0.2, 0.25) is 0 Å². The number of esters is 1. The summed E-state index contributed by atoms with van der Waals surface area (Å²) in [7, 11) is 1.43. The third-order valence-corrected chi connectivity index (χ3v) is 3.76. The number of non-ortho nitro benzene ring substituents is 1. The van der Waals surface area contributed by atoms with Gasteiger partial charge < -0.3 is 24.3 Å². The normalized spacial score (nSPS) is 12.0. The van der Waals surface area contributed by atoms with Crippen LogP contribution in [-0.4, -0.2) is 43.7 Å². The highest BCUT2D eigenvalue weighted by atomic mass is 16.6. The van der Waals surface area contributed by atoms with Crippen LogP contribution in [0.25, 0.3) is 0 Å². The van der Waals surface area contributed by atoms with Gasteiger partial charge in [-0.3, -0.25) is 14.9 Å². The second-order valence-corrected chi connectivity index (χ2v) is 5.63. The molecular formula is C18H16N2O8. The molecule has 0 aliphatic carbocycles. The summed E-state index contributed by atoms with van der Waals surface area (Å²) in [6.07, 6.45) is 0. The topological polar surface area (TPSA) is 126 Å². The van der Waals surface area contributed by atoms with Crippen LogP contribution in [0.1, 0.15) is 10.4 Å². The van der Waals surface area contributed by atoms with E-state index in [1.807, 2.05) is 0 Å². The average Bonchev–Trinajstić information content (AvgIpc) is 2.71. The van der Waals surface area contributed by atoms with E-state index in [2.05, 4.69) is 5.32 Å². The minimum absolute atomic E-state index is 0.100. The molecule has 0 unspecified atom stereocenters. The zero-order valence-electron chi connectivity index (χ0n) is 14.8. The third kappa shape index (κ3) is 4.29. The number of amides is 1. The fourth-order valence-electron chi connectivity index (χ4n) is 2.47. The molecule has 146 valence electrons. The summed E-state index contributed by atoms with van der Waals surface area (Å²) >= 11 is 0. The Bertz CT molecular complexity index is 893. The molecule has 0 radical (unpaired) electrons. The molecule has 0 aromatic heterocycles. The number of carbonyl (C=O) groups is 2. The maximum atomic E-state index is 12.2. The van der Waals surface area contributed by atoms with Crippen LogP contribution >= 0.6 is 0 Å². The molecule has 1 amide bonds. The van der Waals surface area contributed by atoms with Gasteiger partial charge in [0, 0.05) is 17.8 Å². The first kappa shape index (κ1) is 19.0. The molecule has 0 fully saturated rings. The number of nitrogens with one attached hydrogen (secondary N) is 1. The van der Waals surface area contributed by atoms with Crippen molar-refractivity contribution < 1.29 is 33.5 Å². The van der Waals surface area contributed by atoms with E-state index in [4.69, 9.17) is 18.9 Å². The number of nitrogens with zero attached hydrogens (tertiary/aromatic N) is 1. The molecule has 1 heterocycles. The lowest BCUT2D eigenvalue weighted by Gasteiger charge is -2.21. The number of rotatable bonds is 6. The fraction of sp³-hybridized carbons (Fsp3) is 0.222. The van der Waals surface area contributed by atoms with Crippen LogP contribution in [0, 0.1) is 10.1 Å². The number of benzene rings is 2. The largest absolute Gasteiger partial charge is 0.493 e. The van der Waals surface area contributed by atoms with Crippen molar-refractivity contribution in [2.24, 2.45) is 0 Å². The average molecular weight is 388 g/mol. The van der Waals surface area contributed by atoms with Gasteiger partial charge in [-0.05, 0) is 24.3 Å². The molecular weight excluding hydrogens is 372 g/mol. The Morgan fingerprint density at radius 2 is 1.89 bits per heavy atom. The van der Waals surface area contributed by atoms with Crippen molar-refractivity contribution in [2.45, 2.75) is 0 Å². The number of nitro benzene ring substituents is 1. The minimum atomic E-state index is -0.742. The predicted octanol–water partition coefficient (Wildman–Crippen LogP) is 2.17. The zero-order valence-corrected chi connectivity index (χ0v) is 14.8. The van der Waals surface area contributed by atoms with E-state index in [0.717, 1.165) is 0 Å². The maximum absolute atomic E-state index is 12.2. The highest BCUT2D eigenvalue weighted by Gasteiger charge is 2.22. The Morgan fingerprint density at radius 1 is 1.18 bits per heavy atom. The molecule has 28 heavy (non-hydrogen) atoms. The molecule has 10 heteroatoms. The van der Waals surface area contributed by atoms with Gasteiger partial charge in [0.05, 0.1) is 17.6 Å². The number of fused-ring (bicyclic) bond motifs is 1. The molecule has 0 saturated carbocycles. The van der Waals surface area contributed by atoms with E-state index >= 15 is 0 Å². The highest BCUT2D eigenvalue weighted by Crippen LogP contribution is 2.40. The van der Waals surface area contributed by atoms with Gasteiger partial charge in [0.25, 0.3) is 11.6 Å². The fourth-order valence-corrected chi connectivity index (χ4v) is 2.47. The first-order valence-electron chi connectivity index (χ1n) is 8.17. The Labute approximate surface area is 159 Å². The van der Waals surface area contributed by atoms with E-state index in [0.29, 0.717) is 36.1 Å². The maximum Gasteiger partial charge on any atom is 0.338 e. The second kappa shape index (κ2) is 8.25. The second-order valence-electron chi connectivity index (χ2n) is 5.63. The first-order valence-corrected chi connectivity index (χ1v) is 8.17. The quantitative estimate of drug-likeness (QED) is 0.453. The summed E-state index contributed by atoms with van der Waals surface area (Å²) in [4.78, 5) is 34.2. The standard InChI is InChI=1S/C18H16N2O8/c1-25-14-8-11(9-15-17(14)27-7-6-26-15)18(22)28-10-16(21)19-12-2-4-13(5-3-12)20(23)24/h2-5,8-9H,6-7,10H2,1H3,(H,19,21). The number of methoxy groups -OCH3 is 1. The number of carbonyl (C=O) groups excluding carboxylic acids is 2. The Hall–Kier alpha value is -3.82. The third-order valence-electron chi connectivity index (χ3n) is 3.76. The van der Waals surface area contributed by atoms with E-state index in [1.54, 1.807) is 0 Å². The minimum Gasteiger partial charge on any atom is -0.493 e. The van der Waals surface area contributed by atoms with Crippen LogP contribution < -0.4 is 19.5 Å². The van der Waals surface area contributed by atoms with Crippen molar-refractivity contribution in [3.8, 4) is 17.2 Å². The molecule has 1 aliphatic rings. The van der Waals surface area contributed by atoms with Crippen LogP contribution in [-0.2, 0) is 9.53 Å². The Kier molecular flexibility index (Phi) is 5.58. The first-order chi connectivity index (χ1) is 13.5. The van der Waals surface area contributed by atoms with Crippen LogP contribution in [0.5, 0.6) is 17.2 Å². The lowest BCUT2D eigenvalue weighted by molar-refractivity contribution is -0.384. The lowest BCUT2D eigenvalue weighted by atomic mass is 10.1. The highest BCUT2D eigenvalue weighted by molar-refractivity contribution is 5.96. The van der Waals surface area contributed by atoms with Gasteiger partial charge in [0.15, 0.2) is 18.1 Å². The van der Waals surface area contributed by atoms with Gasteiger partial charge in [-0.1, -0.05) is 0 Å². The summed E-state index contributed by atoms with van der Waals surface area (Å²) in [5.74, 6) is -0.255. The number of ether oxygens (including phenoxy) is 4. The molecule has 10 nitrogen and oxygen atoms in total. The summed E-state index contributed by atoms with van der Waals surface area (Å²) < 4.78 is 21.1. The van der Waals surface area contributed by atoms with Crippen LogP contribution in [0.15, 0.2) is 36.4 Å². The molecule has 0 atom stereocenters. The van der Waals surface area contributed by atoms with Gasteiger partial charge in [-0.25, -0.2) is 4.79 Å². The molecule has 3 rings (SSSR count). The Balaban J connectivity index is 1.60. The number of anilines is 1. The lowest BCUT2D eigenvalue weighted by Crippen LogP contribution is -2.21. The van der Waals surface area contributed by atoms with Crippen LogP contribution in [0.4, 0.5) is 11.4 Å². The van der Waals surface area contributed by atoms with E-state index < -0.39 is 23.4 Å².